The van der Waals surface area contributed by atoms with Crippen LogP contribution in [0.5, 0.6) is 0 Å². The van der Waals surface area contributed by atoms with Gasteiger partial charge in [-0.05, 0) is 45.6 Å². The third kappa shape index (κ3) is 4.96. The van der Waals surface area contributed by atoms with E-state index in [2.05, 4.69) is 5.32 Å². The van der Waals surface area contributed by atoms with Gasteiger partial charge in [-0.25, -0.2) is 0 Å². The zero-order valence-electron chi connectivity index (χ0n) is 10.00. The lowest BCUT2D eigenvalue weighted by atomic mass is 9.85. The zero-order chi connectivity index (χ0) is 11.3. The number of hydrogen-bond donors (Lipinski definition) is 3. The second kappa shape index (κ2) is 5.83. The Hall–Kier alpha value is -0.120. The molecule has 1 saturated carbocycles. The number of nitrogens with one attached hydrogen (secondary N) is 1. The van der Waals surface area contributed by atoms with Gasteiger partial charge in [0, 0.05) is 12.6 Å². The SMILES string of the molecule is CC(C)(O)CCNC1CCCCC1CO. The number of aliphatic hydroxyl groups is 2. The van der Waals surface area contributed by atoms with Crippen LogP contribution in [0.25, 0.3) is 0 Å². The summed E-state index contributed by atoms with van der Waals surface area (Å²) in [5.74, 6) is 0.417. The zero-order valence-corrected chi connectivity index (χ0v) is 10.00. The molecule has 1 fully saturated rings. The van der Waals surface area contributed by atoms with Gasteiger partial charge in [-0.3, -0.25) is 0 Å². The summed E-state index contributed by atoms with van der Waals surface area (Å²) < 4.78 is 0. The minimum absolute atomic E-state index is 0.292. The summed E-state index contributed by atoms with van der Waals surface area (Å²) >= 11 is 0. The first kappa shape index (κ1) is 12.9. The van der Waals surface area contributed by atoms with E-state index in [1.807, 2.05) is 13.8 Å². The van der Waals surface area contributed by atoms with Crippen LogP contribution in [-0.2, 0) is 0 Å². The summed E-state index contributed by atoms with van der Waals surface area (Å²) in [6, 6.07) is 0.450. The molecule has 0 saturated heterocycles. The molecular weight excluding hydrogens is 190 g/mol. The summed E-state index contributed by atoms with van der Waals surface area (Å²) in [7, 11) is 0. The Balaban J connectivity index is 2.23. The second-order valence-corrected chi connectivity index (χ2v) is 5.35. The highest BCUT2D eigenvalue weighted by Crippen LogP contribution is 2.24. The number of rotatable bonds is 5. The molecule has 1 rings (SSSR count). The Morgan fingerprint density at radius 2 is 1.93 bits per heavy atom. The highest BCUT2D eigenvalue weighted by molar-refractivity contribution is 4.81. The van der Waals surface area contributed by atoms with Gasteiger partial charge in [0.15, 0.2) is 0 Å². The molecule has 90 valence electrons. The Labute approximate surface area is 92.9 Å². The van der Waals surface area contributed by atoms with Crippen molar-refractivity contribution in [1.29, 1.82) is 0 Å². The van der Waals surface area contributed by atoms with E-state index in [0.717, 1.165) is 25.8 Å². The molecule has 0 aromatic heterocycles. The van der Waals surface area contributed by atoms with Crippen LogP contribution in [-0.4, -0.2) is 35.0 Å². The van der Waals surface area contributed by atoms with Crippen LogP contribution in [0.2, 0.25) is 0 Å². The third-order valence-corrected chi connectivity index (χ3v) is 3.29. The summed E-state index contributed by atoms with van der Waals surface area (Å²) in [6.07, 6.45) is 5.57. The van der Waals surface area contributed by atoms with Gasteiger partial charge in [-0.1, -0.05) is 12.8 Å². The Bertz CT molecular complexity index is 177. The van der Waals surface area contributed by atoms with Crippen molar-refractivity contribution < 1.29 is 10.2 Å². The summed E-state index contributed by atoms with van der Waals surface area (Å²) in [4.78, 5) is 0. The van der Waals surface area contributed by atoms with E-state index >= 15 is 0 Å². The van der Waals surface area contributed by atoms with Crippen LogP contribution in [0.4, 0.5) is 0 Å². The molecule has 0 aromatic rings. The molecule has 0 aromatic carbocycles. The van der Waals surface area contributed by atoms with E-state index in [0.29, 0.717) is 18.6 Å². The first-order valence-corrected chi connectivity index (χ1v) is 6.09. The van der Waals surface area contributed by atoms with Gasteiger partial charge in [0.25, 0.3) is 0 Å². The second-order valence-electron chi connectivity index (χ2n) is 5.35. The van der Waals surface area contributed by atoms with Crippen LogP contribution in [0, 0.1) is 5.92 Å². The van der Waals surface area contributed by atoms with E-state index in [1.54, 1.807) is 0 Å². The molecule has 3 nitrogen and oxygen atoms in total. The lowest BCUT2D eigenvalue weighted by molar-refractivity contribution is 0.0673. The third-order valence-electron chi connectivity index (χ3n) is 3.29. The molecule has 0 aliphatic heterocycles. The minimum Gasteiger partial charge on any atom is -0.396 e. The quantitative estimate of drug-likeness (QED) is 0.648. The van der Waals surface area contributed by atoms with Gasteiger partial charge in [0.05, 0.1) is 5.60 Å². The maximum absolute atomic E-state index is 9.58. The fraction of sp³-hybridized carbons (Fsp3) is 1.00. The molecule has 0 bridgehead atoms. The summed E-state index contributed by atoms with van der Waals surface area (Å²) in [5.41, 5.74) is -0.587. The Morgan fingerprint density at radius 1 is 1.27 bits per heavy atom. The van der Waals surface area contributed by atoms with Crippen molar-refractivity contribution in [2.45, 2.75) is 57.6 Å². The molecule has 3 heteroatoms. The highest BCUT2D eigenvalue weighted by atomic mass is 16.3. The monoisotopic (exact) mass is 215 g/mol. The van der Waals surface area contributed by atoms with Crippen molar-refractivity contribution in [3.63, 3.8) is 0 Å². The van der Waals surface area contributed by atoms with Crippen molar-refractivity contribution in [3.8, 4) is 0 Å². The average molecular weight is 215 g/mol. The van der Waals surface area contributed by atoms with Crippen molar-refractivity contribution in [2.24, 2.45) is 5.92 Å². The minimum atomic E-state index is -0.587. The molecule has 2 atom stereocenters. The standard InChI is InChI=1S/C12H25NO2/c1-12(2,15)7-8-13-11-6-4-3-5-10(11)9-14/h10-11,13-15H,3-9H2,1-2H3. The average Bonchev–Trinajstić information content (AvgIpc) is 2.16. The molecule has 1 aliphatic carbocycles. The van der Waals surface area contributed by atoms with Crippen molar-refractivity contribution >= 4 is 0 Å². The number of aliphatic hydroxyl groups excluding tert-OH is 1. The van der Waals surface area contributed by atoms with Crippen LogP contribution in [0.15, 0.2) is 0 Å². The van der Waals surface area contributed by atoms with E-state index in [4.69, 9.17) is 0 Å². The summed E-state index contributed by atoms with van der Waals surface area (Å²) in [5, 5.41) is 22.3. The van der Waals surface area contributed by atoms with Crippen molar-refractivity contribution in [1.82, 2.24) is 5.32 Å². The Kier molecular flexibility index (Phi) is 5.03. The first-order valence-electron chi connectivity index (χ1n) is 6.09. The van der Waals surface area contributed by atoms with Crippen LogP contribution < -0.4 is 5.32 Å². The maximum Gasteiger partial charge on any atom is 0.0603 e. The van der Waals surface area contributed by atoms with Gasteiger partial charge in [0.2, 0.25) is 0 Å². The van der Waals surface area contributed by atoms with Gasteiger partial charge >= 0.3 is 0 Å². The normalized spacial score (nSPS) is 28.0. The van der Waals surface area contributed by atoms with Gasteiger partial charge in [0.1, 0.15) is 0 Å². The lowest BCUT2D eigenvalue weighted by Gasteiger charge is -2.31. The van der Waals surface area contributed by atoms with E-state index in [1.165, 1.54) is 12.8 Å². The van der Waals surface area contributed by atoms with Crippen molar-refractivity contribution in [3.05, 3.63) is 0 Å². The van der Waals surface area contributed by atoms with Crippen molar-refractivity contribution in [2.75, 3.05) is 13.2 Å². The van der Waals surface area contributed by atoms with E-state index < -0.39 is 5.60 Å². The van der Waals surface area contributed by atoms with Crippen LogP contribution in [0.1, 0.15) is 46.0 Å². The van der Waals surface area contributed by atoms with E-state index in [-0.39, 0.29) is 0 Å². The molecule has 0 heterocycles. The van der Waals surface area contributed by atoms with Crippen LogP contribution >= 0.6 is 0 Å². The smallest absolute Gasteiger partial charge is 0.0603 e. The fourth-order valence-electron chi connectivity index (χ4n) is 2.26. The first-order chi connectivity index (χ1) is 7.03. The van der Waals surface area contributed by atoms with Gasteiger partial charge < -0.3 is 15.5 Å². The molecule has 0 spiro atoms. The highest BCUT2D eigenvalue weighted by Gasteiger charge is 2.24. The topological polar surface area (TPSA) is 52.5 Å². The van der Waals surface area contributed by atoms with E-state index in [9.17, 15) is 10.2 Å². The number of hydrogen-bond acceptors (Lipinski definition) is 3. The Morgan fingerprint density at radius 3 is 2.53 bits per heavy atom. The summed E-state index contributed by atoms with van der Waals surface area (Å²) in [6.45, 7) is 4.79. The molecule has 3 N–H and O–H groups in total. The predicted octanol–water partition coefficient (Wildman–Crippen LogP) is 1.29. The molecule has 1 aliphatic rings. The molecular formula is C12H25NO2. The van der Waals surface area contributed by atoms with Gasteiger partial charge in [-0.15, -0.1) is 0 Å². The molecule has 0 radical (unpaired) electrons. The molecule has 0 amide bonds. The fourth-order valence-corrected chi connectivity index (χ4v) is 2.26. The molecule has 15 heavy (non-hydrogen) atoms. The molecule has 2 unspecified atom stereocenters. The predicted molar refractivity (Wildman–Crippen MR) is 61.7 cm³/mol. The maximum atomic E-state index is 9.58. The largest absolute Gasteiger partial charge is 0.396 e. The van der Waals surface area contributed by atoms with Gasteiger partial charge in [-0.2, -0.15) is 0 Å². The van der Waals surface area contributed by atoms with Crippen LogP contribution in [0.3, 0.4) is 0 Å². The lowest BCUT2D eigenvalue weighted by Crippen LogP contribution is -2.42.